The Labute approximate surface area is 149 Å². The van der Waals surface area contributed by atoms with Crippen molar-refractivity contribution in [1.82, 2.24) is 19.8 Å². The van der Waals surface area contributed by atoms with Crippen molar-refractivity contribution in [3.63, 3.8) is 0 Å². The van der Waals surface area contributed by atoms with E-state index < -0.39 is 0 Å². The predicted octanol–water partition coefficient (Wildman–Crippen LogP) is 3.90. The molecule has 4 rings (SSSR count). The summed E-state index contributed by atoms with van der Waals surface area (Å²) < 4.78 is 14.9. The molecule has 1 amide bonds. The molecule has 25 heavy (non-hydrogen) atoms. The molecule has 4 aromatic rings. The number of fused-ring (bicyclic) bond motifs is 1. The molecule has 1 N–H and O–H groups in total. The number of carbonyl (C=O) groups is 1. The first-order valence-electron chi connectivity index (χ1n) is 7.15. The van der Waals surface area contributed by atoms with Crippen LogP contribution in [-0.4, -0.2) is 25.7 Å². The summed E-state index contributed by atoms with van der Waals surface area (Å²) in [6, 6.07) is 12.5. The van der Waals surface area contributed by atoms with Crippen LogP contribution in [-0.2, 0) is 0 Å². The van der Waals surface area contributed by atoms with Gasteiger partial charge in [0.25, 0.3) is 5.91 Å². The summed E-state index contributed by atoms with van der Waals surface area (Å²) in [5, 5.41) is 15.9. The van der Waals surface area contributed by atoms with E-state index in [-0.39, 0.29) is 11.7 Å². The number of nitrogens with one attached hydrogen (secondary N) is 1. The largest absolute Gasteiger partial charge is 0.296 e. The molecule has 0 aliphatic carbocycles. The first-order valence-corrected chi connectivity index (χ1v) is 8.35. The van der Waals surface area contributed by atoms with Gasteiger partial charge in [-0.2, -0.15) is 4.52 Å². The van der Waals surface area contributed by atoms with E-state index in [1.54, 1.807) is 36.4 Å². The van der Waals surface area contributed by atoms with Gasteiger partial charge in [0.1, 0.15) is 5.82 Å². The van der Waals surface area contributed by atoms with Crippen molar-refractivity contribution in [2.75, 3.05) is 5.32 Å². The number of nitrogens with zero attached hydrogens (tertiary/aromatic N) is 4. The lowest BCUT2D eigenvalue weighted by molar-refractivity contribution is 0.102. The second kappa shape index (κ2) is 6.23. The number of rotatable bonds is 3. The van der Waals surface area contributed by atoms with Crippen LogP contribution in [0, 0.1) is 5.82 Å². The maximum Gasteiger partial charge on any atom is 0.257 e. The first-order chi connectivity index (χ1) is 12.1. The highest BCUT2D eigenvalue weighted by molar-refractivity contribution is 7.20. The summed E-state index contributed by atoms with van der Waals surface area (Å²) >= 11 is 6.98. The van der Waals surface area contributed by atoms with E-state index in [1.807, 2.05) is 0 Å². The third kappa shape index (κ3) is 3.09. The Bertz CT molecular complexity index is 1080. The minimum atomic E-state index is -0.374. The molecule has 2 aromatic heterocycles. The Balaban J connectivity index is 1.64. The van der Waals surface area contributed by atoms with Crippen LogP contribution in [0.2, 0.25) is 5.02 Å². The van der Waals surface area contributed by atoms with Crippen molar-refractivity contribution in [2.45, 2.75) is 0 Å². The summed E-state index contributed by atoms with van der Waals surface area (Å²) in [5.74, 6) is -0.285. The topological polar surface area (TPSA) is 72.2 Å². The van der Waals surface area contributed by atoms with Crippen LogP contribution in [0.4, 0.5) is 9.52 Å². The zero-order chi connectivity index (χ0) is 17.4. The molecular weight excluding hydrogens is 365 g/mol. The summed E-state index contributed by atoms with van der Waals surface area (Å²) in [4.78, 5) is 12.7. The van der Waals surface area contributed by atoms with Crippen LogP contribution in [0.15, 0.2) is 48.5 Å². The normalized spacial score (nSPS) is 11.0. The molecular formula is C16H9ClFN5OS. The zero-order valence-corrected chi connectivity index (χ0v) is 14.1. The fourth-order valence-electron chi connectivity index (χ4n) is 2.25. The predicted molar refractivity (Wildman–Crippen MR) is 93.5 cm³/mol. The average Bonchev–Trinajstić information content (AvgIpc) is 3.15. The van der Waals surface area contributed by atoms with E-state index in [9.17, 15) is 9.18 Å². The third-order valence-electron chi connectivity index (χ3n) is 3.40. The number of aromatic nitrogens is 4. The van der Waals surface area contributed by atoms with Crippen LogP contribution < -0.4 is 5.32 Å². The molecule has 0 unspecified atom stereocenters. The monoisotopic (exact) mass is 373 g/mol. The van der Waals surface area contributed by atoms with Crippen LogP contribution in [0.25, 0.3) is 16.3 Å². The summed E-state index contributed by atoms with van der Waals surface area (Å²) in [7, 11) is 0. The van der Waals surface area contributed by atoms with Crippen LogP contribution in [0.3, 0.4) is 0 Å². The van der Waals surface area contributed by atoms with E-state index in [4.69, 9.17) is 11.6 Å². The lowest BCUT2D eigenvalue weighted by Gasteiger charge is -2.01. The zero-order valence-electron chi connectivity index (χ0n) is 12.5. The third-order valence-corrected chi connectivity index (χ3v) is 4.47. The Hall–Kier alpha value is -2.84. The van der Waals surface area contributed by atoms with E-state index in [0.717, 1.165) is 0 Å². The summed E-state index contributed by atoms with van der Waals surface area (Å²) in [6.07, 6.45) is 0. The summed E-state index contributed by atoms with van der Waals surface area (Å²) in [5.41, 5.74) is 1.01. The van der Waals surface area contributed by atoms with Crippen LogP contribution in [0.5, 0.6) is 0 Å². The van der Waals surface area contributed by atoms with Gasteiger partial charge in [-0.3, -0.25) is 10.1 Å². The fraction of sp³-hybridized carbons (Fsp3) is 0. The van der Waals surface area contributed by atoms with Gasteiger partial charge in [0.2, 0.25) is 10.1 Å². The molecule has 0 saturated carbocycles. The van der Waals surface area contributed by atoms with Gasteiger partial charge in [-0.05, 0) is 36.4 Å². The lowest BCUT2D eigenvalue weighted by atomic mass is 10.2. The van der Waals surface area contributed by atoms with E-state index in [0.29, 0.717) is 32.1 Å². The Kier molecular flexibility index (Phi) is 3.90. The average molecular weight is 374 g/mol. The fourth-order valence-corrected chi connectivity index (χ4v) is 3.11. The van der Waals surface area contributed by atoms with Crippen molar-refractivity contribution < 1.29 is 9.18 Å². The SMILES string of the molecule is O=C(Nc1nn2c(-c3cccc(F)c3)nnc2s1)c1ccc(Cl)cc1. The number of halogens is 2. The van der Waals surface area contributed by atoms with Gasteiger partial charge in [-0.15, -0.1) is 15.3 Å². The van der Waals surface area contributed by atoms with Gasteiger partial charge in [-0.25, -0.2) is 4.39 Å². The second-order valence-corrected chi connectivity index (χ2v) is 6.49. The molecule has 0 bridgehead atoms. The molecule has 124 valence electrons. The van der Waals surface area contributed by atoms with Crippen molar-refractivity contribution in [2.24, 2.45) is 0 Å². The van der Waals surface area contributed by atoms with Crippen molar-refractivity contribution in [3.05, 3.63) is 64.9 Å². The second-order valence-electron chi connectivity index (χ2n) is 5.10. The quantitative estimate of drug-likeness (QED) is 0.591. The molecule has 2 aromatic carbocycles. The Morgan fingerprint density at radius 1 is 1.16 bits per heavy atom. The van der Waals surface area contributed by atoms with E-state index in [2.05, 4.69) is 20.6 Å². The van der Waals surface area contributed by atoms with Crippen molar-refractivity contribution >= 4 is 38.9 Å². The molecule has 0 aliphatic heterocycles. The molecule has 0 fully saturated rings. The Morgan fingerprint density at radius 2 is 1.96 bits per heavy atom. The van der Waals surface area contributed by atoms with Gasteiger partial charge in [0.15, 0.2) is 5.82 Å². The number of anilines is 1. The van der Waals surface area contributed by atoms with Gasteiger partial charge >= 0.3 is 0 Å². The van der Waals surface area contributed by atoms with E-state index >= 15 is 0 Å². The van der Waals surface area contributed by atoms with Crippen molar-refractivity contribution in [1.29, 1.82) is 0 Å². The standard InChI is InChI=1S/C16H9ClFN5OS/c17-11-6-4-9(5-7-11)14(24)19-15-22-23-13(20-21-16(23)25-15)10-2-1-3-12(18)8-10/h1-8H,(H,19,22,24). The van der Waals surface area contributed by atoms with Gasteiger partial charge in [0.05, 0.1) is 0 Å². The number of carbonyl (C=O) groups excluding carboxylic acids is 1. The van der Waals surface area contributed by atoms with Gasteiger partial charge < -0.3 is 0 Å². The van der Waals surface area contributed by atoms with Crippen molar-refractivity contribution in [3.8, 4) is 11.4 Å². The molecule has 0 atom stereocenters. The molecule has 9 heteroatoms. The highest BCUT2D eigenvalue weighted by Crippen LogP contribution is 2.25. The van der Waals surface area contributed by atoms with Gasteiger partial charge in [-0.1, -0.05) is 35.1 Å². The van der Waals surface area contributed by atoms with Crippen LogP contribution in [0.1, 0.15) is 10.4 Å². The molecule has 2 heterocycles. The van der Waals surface area contributed by atoms with Crippen LogP contribution >= 0.6 is 22.9 Å². The lowest BCUT2D eigenvalue weighted by Crippen LogP contribution is -2.11. The number of hydrogen-bond donors (Lipinski definition) is 1. The molecule has 0 saturated heterocycles. The minimum Gasteiger partial charge on any atom is -0.296 e. The summed E-state index contributed by atoms with van der Waals surface area (Å²) in [6.45, 7) is 0. The Morgan fingerprint density at radius 3 is 2.72 bits per heavy atom. The molecule has 0 radical (unpaired) electrons. The first kappa shape index (κ1) is 15.7. The van der Waals surface area contributed by atoms with E-state index in [1.165, 1.54) is 28.0 Å². The molecule has 0 aliphatic rings. The highest BCUT2D eigenvalue weighted by atomic mass is 35.5. The maximum absolute atomic E-state index is 13.4. The highest BCUT2D eigenvalue weighted by Gasteiger charge is 2.15. The minimum absolute atomic E-state index is 0.311. The number of hydrogen-bond acceptors (Lipinski definition) is 5. The number of benzene rings is 2. The van der Waals surface area contributed by atoms with Gasteiger partial charge in [0, 0.05) is 16.1 Å². The number of amides is 1. The smallest absolute Gasteiger partial charge is 0.257 e. The molecule has 0 spiro atoms. The molecule has 6 nitrogen and oxygen atoms in total. The maximum atomic E-state index is 13.4.